The molecule has 0 unspecified atom stereocenters. The van der Waals surface area contributed by atoms with Crippen molar-refractivity contribution < 1.29 is 36.4 Å². The van der Waals surface area contributed by atoms with Crippen molar-refractivity contribution in [2.24, 2.45) is 0 Å². The van der Waals surface area contributed by atoms with E-state index in [0.717, 1.165) is 11.8 Å². The number of carbonyl (C=O) groups excluding carboxylic acids is 2. The summed E-state index contributed by atoms with van der Waals surface area (Å²) in [6, 6.07) is 8.80. The molecule has 166 valence electrons. The van der Waals surface area contributed by atoms with E-state index in [1.807, 2.05) is 30.3 Å². The Balaban J connectivity index is 1.91. The summed E-state index contributed by atoms with van der Waals surface area (Å²) < 4.78 is 43.6. The molecule has 0 aliphatic carbocycles. The number of ether oxygens (including phenoxy) is 3. The number of esters is 1. The molecule has 1 aromatic rings. The third-order valence-corrected chi connectivity index (χ3v) is 4.81. The molecule has 1 fully saturated rings. The van der Waals surface area contributed by atoms with E-state index in [4.69, 9.17) is 18.4 Å². The lowest BCUT2D eigenvalue weighted by Gasteiger charge is -2.23. The minimum Gasteiger partial charge on any atom is -0.463 e. The molecule has 30 heavy (non-hydrogen) atoms. The van der Waals surface area contributed by atoms with Gasteiger partial charge in [0.15, 0.2) is 0 Å². The van der Waals surface area contributed by atoms with Crippen LogP contribution in [-0.4, -0.2) is 70.1 Å². The molecule has 1 saturated heterocycles. The van der Waals surface area contributed by atoms with Crippen molar-refractivity contribution in [3.63, 3.8) is 0 Å². The number of carbonyl (C=O) groups is 2. The molecule has 0 bridgehead atoms. The summed E-state index contributed by atoms with van der Waals surface area (Å²) in [7, 11) is -3.66. The minimum absolute atomic E-state index is 0.0768. The van der Waals surface area contributed by atoms with Crippen LogP contribution in [0.2, 0.25) is 0 Å². The van der Waals surface area contributed by atoms with Crippen molar-refractivity contribution in [1.29, 1.82) is 0 Å². The second-order valence-electron chi connectivity index (χ2n) is 6.70. The molecule has 0 N–H and O–H groups in total. The van der Waals surface area contributed by atoms with Gasteiger partial charge in [-0.1, -0.05) is 36.4 Å². The van der Waals surface area contributed by atoms with E-state index in [0.29, 0.717) is 0 Å². The topological polar surface area (TPSA) is 108 Å². The van der Waals surface area contributed by atoms with Crippen LogP contribution >= 0.6 is 0 Å². The zero-order valence-corrected chi connectivity index (χ0v) is 17.9. The van der Waals surface area contributed by atoms with Crippen LogP contribution in [0.25, 0.3) is 0 Å². The van der Waals surface area contributed by atoms with Gasteiger partial charge in [0.1, 0.15) is 6.61 Å². The molecular formula is C20H27NO8S. The molecule has 2 atom stereocenters. The molecule has 10 heteroatoms. The first-order valence-electron chi connectivity index (χ1n) is 9.55. The van der Waals surface area contributed by atoms with Crippen LogP contribution in [0.4, 0.5) is 4.79 Å². The predicted octanol–water partition coefficient (Wildman–Crippen LogP) is 1.88. The predicted molar refractivity (Wildman–Crippen MR) is 108 cm³/mol. The maximum Gasteiger partial charge on any atom is 0.410 e. The Morgan fingerprint density at radius 3 is 2.60 bits per heavy atom. The van der Waals surface area contributed by atoms with Gasteiger partial charge >= 0.3 is 12.1 Å². The molecule has 1 heterocycles. The summed E-state index contributed by atoms with van der Waals surface area (Å²) in [5, 5.41) is 0. The Labute approximate surface area is 176 Å². The lowest BCUT2D eigenvalue weighted by molar-refractivity contribution is -0.137. The van der Waals surface area contributed by atoms with Gasteiger partial charge in [-0.15, -0.1) is 0 Å². The maximum atomic E-state index is 12.6. The average molecular weight is 442 g/mol. The second kappa shape index (κ2) is 11.7. The number of likely N-dealkylation sites (tertiary alicyclic amines) is 1. The highest BCUT2D eigenvalue weighted by Gasteiger charge is 2.38. The van der Waals surface area contributed by atoms with E-state index in [9.17, 15) is 18.0 Å². The average Bonchev–Trinajstić information content (AvgIpc) is 3.07. The van der Waals surface area contributed by atoms with Crippen molar-refractivity contribution in [2.75, 3.05) is 32.6 Å². The third kappa shape index (κ3) is 8.52. The Bertz CT molecular complexity index is 824. The fourth-order valence-electron chi connectivity index (χ4n) is 2.98. The number of nitrogens with zero attached hydrogens (tertiary/aromatic N) is 1. The zero-order valence-electron chi connectivity index (χ0n) is 17.1. The van der Waals surface area contributed by atoms with E-state index in [1.54, 1.807) is 6.92 Å². The smallest absolute Gasteiger partial charge is 0.410 e. The van der Waals surface area contributed by atoms with E-state index in [-0.39, 0.29) is 39.4 Å². The highest BCUT2D eigenvalue weighted by molar-refractivity contribution is 7.86. The molecule has 1 aliphatic rings. The van der Waals surface area contributed by atoms with Gasteiger partial charge in [-0.3, -0.25) is 4.18 Å². The van der Waals surface area contributed by atoms with Crippen molar-refractivity contribution in [1.82, 2.24) is 4.90 Å². The highest BCUT2D eigenvalue weighted by atomic mass is 32.2. The fraction of sp³-hybridized carbons (Fsp3) is 0.500. The molecule has 1 aliphatic heterocycles. The maximum absolute atomic E-state index is 12.6. The lowest BCUT2D eigenvalue weighted by Crippen LogP contribution is -2.39. The van der Waals surface area contributed by atoms with E-state index in [1.165, 1.54) is 17.1 Å². The summed E-state index contributed by atoms with van der Waals surface area (Å²) in [5.41, 5.74) is 0.839. The summed E-state index contributed by atoms with van der Waals surface area (Å²) in [6.07, 6.45) is 2.78. The number of hydrogen-bond donors (Lipinski definition) is 0. The lowest BCUT2D eigenvalue weighted by atomic mass is 10.2. The quantitative estimate of drug-likeness (QED) is 0.234. The van der Waals surface area contributed by atoms with E-state index < -0.39 is 34.3 Å². The van der Waals surface area contributed by atoms with Crippen LogP contribution < -0.4 is 0 Å². The molecule has 9 nitrogen and oxygen atoms in total. The first-order valence-corrected chi connectivity index (χ1v) is 11.4. The highest BCUT2D eigenvalue weighted by Crippen LogP contribution is 2.23. The largest absolute Gasteiger partial charge is 0.463 e. The zero-order chi connectivity index (χ0) is 22.0. The molecule has 0 radical (unpaired) electrons. The van der Waals surface area contributed by atoms with Gasteiger partial charge in [-0.05, 0) is 18.9 Å². The van der Waals surface area contributed by atoms with Crippen molar-refractivity contribution in [2.45, 2.75) is 32.1 Å². The second-order valence-corrected chi connectivity index (χ2v) is 8.30. The van der Waals surface area contributed by atoms with Gasteiger partial charge in [-0.25, -0.2) is 9.59 Å². The summed E-state index contributed by atoms with van der Waals surface area (Å²) in [6.45, 7) is 2.45. The van der Waals surface area contributed by atoms with Crippen molar-refractivity contribution >= 4 is 22.2 Å². The molecule has 0 spiro atoms. The molecule has 2 rings (SSSR count). The number of hydrogen-bond acceptors (Lipinski definition) is 8. The first kappa shape index (κ1) is 23.8. The first-order chi connectivity index (χ1) is 14.3. The minimum atomic E-state index is -3.66. The number of benzene rings is 1. The van der Waals surface area contributed by atoms with E-state index >= 15 is 0 Å². The normalized spacial score (nSPS) is 19.2. The van der Waals surface area contributed by atoms with Crippen molar-refractivity contribution in [3.8, 4) is 0 Å². The van der Waals surface area contributed by atoms with Gasteiger partial charge in [-0.2, -0.15) is 8.42 Å². The Hall–Kier alpha value is -2.43. The van der Waals surface area contributed by atoms with Crippen LogP contribution in [0.5, 0.6) is 0 Å². The molecule has 0 aromatic heterocycles. The summed E-state index contributed by atoms with van der Waals surface area (Å²) >= 11 is 0. The number of rotatable bonds is 10. The van der Waals surface area contributed by atoms with Gasteiger partial charge in [0.25, 0.3) is 10.1 Å². The Kier molecular flexibility index (Phi) is 9.28. The van der Waals surface area contributed by atoms with Gasteiger partial charge in [0, 0.05) is 6.08 Å². The fourth-order valence-corrected chi connectivity index (χ4v) is 3.62. The monoisotopic (exact) mass is 441 g/mol. The molecular weight excluding hydrogens is 414 g/mol. The molecule has 1 amide bonds. The Morgan fingerprint density at radius 1 is 1.20 bits per heavy atom. The summed E-state index contributed by atoms with van der Waals surface area (Å²) in [5.74, 6) is -0.463. The summed E-state index contributed by atoms with van der Waals surface area (Å²) in [4.78, 5) is 25.2. The standard InChI is InChI=1S/C20H27NO8S/c1-3-27-19(22)10-7-11-26-15-17-12-18(29-30(2,24)25)13-21(17)20(23)28-14-16-8-5-4-6-9-16/h4-10,17-18H,3,11-15H2,1-2H3/t17-,18+/m0/s1. The Morgan fingerprint density at radius 2 is 1.93 bits per heavy atom. The number of amides is 1. The van der Waals surface area contributed by atoms with Gasteiger partial charge in [0.2, 0.25) is 0 Å². The van der Waals surface area contributed by atoms with Crippen LogP contribution in [-0.2, 0) is 39.9 Å². The van der Waals surface area contributed by atoms with Crippen LogP contribution in [0.1, 0.15) is 18.9 Å². The van der Waals surface area contributed by atoms with Crippen LogP contribution in [0.3, 0.4) is 0 Å². The van der Waals surface area contributed by atoms with Crippen LogP contribution in [0.15, 0.2) is 42.5 Å². The van der Waals surface area contributed by atoms with Crippen molar-refractivity contribution in [3.05, 3.63) is 48.0 Å². The van der Waals surface area contributed by atoms with Crippen LogP contribution in [0, 0.1) is 0 Å². The van der Waals surface area contributed by atoms with E-state index in [2.05, 4.69) is 0 Å². The molecule has 1 aromatic carbocycles. The molecule has 0 saturated carbocycles. The van der Waals surface area contributed by atoms with Gasteiger partial charge in [0.05, 0.1) is 44.8 Å². The van der Waals surface area contributed by atoms with Gasteiger partial charge < -0.3 is 19.1 Å². The SMILES string of the molecule is CCOC(=O)C=CCOC[C@@H]1C[C@@H](OS(C)(=O)=O)CN1C(=O)OCc1ccccc1. The third-order valence-electron chi connectivity index (χ3n) is 4.19.